The van der Waals surface area contributed by atoms with Crippen molar-refractivity contribution in [2.45, 2.75) is 37.4 Å². The van der Waals surface area contributed by atoms with Gasteiger partial charge in [-0.05, 0) is 20.8 Å². The Kier molecular flexibility index (Phi) is 2.94. The maximum atomic E-state index is 11.6. The average molecular weight is 242 g/mol. The molecule has 1 aromatic rings. The van der Waals surface area contributed by atoms with Crippen LogP contribution in [0, 0.1) is 6.92 Å². The Morgan fingerprint density at radius 1 is 1.69 bits per heavy atom. The first-order valence-electron chi connectivity index (χ1n) is 5.17. The largest absolute Gasteiger partial charge is 0.461 e. The van der Waals surface area contributed by atoms with Crippen molar-refractivity contribution in [2.75, 3.05) is 6.61 Å². The van der Waals surface area contributed by atoms with E-state index < -0.39 is 12.2 Å². The van der Waals surface area contributed by atoms with E-state index in [9.17, 15) is 9.90 Å². The quantitative estimate of drug-likeness (QED) is 0.793. The van der Waals surface area contributed by atoms with Crippen molar-refractivity contribution in [3.8, 4) is 0 Å². The van der Waals surface area contributed by atoms with E-state index >= 15 is 0 Å². The number of aliphatic hydroxyl groups excluding tert-OH is 1. The van der Waals surface area contributed by atoms with E-state index in [0.717, 1.165) is 0 Å². The summed E-state index contributed by atoms with van der Waals surface area (Å²) in [7, 11) is 0. The maximum Gasteiger partial charge on any atom is 0.358 e. The number of hydrogen-bond acceptors (Lipinski definition) is 5. The van der Waals surface area contributed by atoms with Crippen molar-refractivity contribution < 1.29 is 14.6 Å². The van der Waals surface area contributed by atoms with Gasteiger partial charge in [0.15, 0.2) is 10.9 Å². The average Bonchev–Trinajstić information content (AvgIpc) is 2.68. The number of aromatic nitrogens is 2. The first-order valence-corrected chi connectivity index (χ1v) is 6.05. The summed E-state index contributed by atoms with van der Waals surface area (Å²) in [6, 6.07) is 0. The van der Waals surface area contributed by atoms with Gasteiger partial charge in [0, 0.05) is 0 Å². The molecule has 1 aliphatic rings. The number of carbonyl (C=O) groups is 1. The lowest BCUT2D eigenvalue weighted by atomic mass is 10.3. The van der Waals surface area contributed by atoms with E-state index in [0.29, 0.717) is 23.2 Å². The summed E-state index contributed by atoms with van der Waals surface area (Å²) in [4.78, 5) is 15.8. The number of esters is 1. The topological polar surface area (TPSA) is 64.3 Å². The van der Waals surface area contributed by atoms with E-state index in [4.69, 9.17) is 4.74 Å². The van der Waals surface area contributed by atoms with Gasteiger partial charge in [-0.1, -0.05) is 11.8 Å². The summed E-state index contributed by atoms with van der Waals surface area (Å²) in [5.41, 5.74) is 0.966. The van der Waals surface area contributed by atoms with Crippen LogP contribution in [0.25, 0.3) is 0 Å². The number of rotatable bonds is 2. The molecular formula is C10H14N2O3S. The predicted molar refractivity (Wildman–Crippen MR) is 59.5 cm³/mol. The molecule has 1 aliphatic heterocycles. The number of hydrogen-bond donors (Lipinski definition) is 1. The highest BCUT2D eigenvalue weighted by Crippen LogP contribution is 2.39. The molecule has 2 unspecified atom stereocenters. The van der Waals surface area contributed by atoms with Gasteiger partial charge in [0.2, 0.25) is 0 Å². The van der Waals surface area contributed by atoms with Crippen molar-refractivity contribution in [2.24, 2.45) is 0 Å². The van der Waals surface area contributed by atoms with Gasteiger partial charge in [-0.2, -0.15) is 0 Å². The fraction of sp³-hybridized carbons (Fsp3) is 0.600. The van der Waals surface area contributed by atoms with Crippen molar-refractivity contribution >= 4 is 17.7 Å². The third kappa shape index (κ3) is 1.62. The van der Waals surface area contributed by atoms with E-state index in [1.165, 1.54) is 11.8 Å². The highest BCUT2D eigenvalue weighted by molar-refractivity contribution is 8.00. The third-order valence-electron chi connectivity index (χ3n) is 2.56. The van der Waals surface area contributed by atoms with Crippen molar-refractivity contribution in [1.82, 2.24) is 9.55 Å². The Balaban J connectivity index is 2.36. The SMILES string of the molecule is CCOC(=O)c1nc2n(c1C)C(O)C(C)S2. The van der Waals surface area contributed by atoms with Gasteiger partial charge in [0.05, 0.1) is 17.6 Å². The van der Waals surface area contributed by atoms with Crippen LogP contribution in [0.4, 0.5) is 0 Å². The second-order valence-corrected chi connectivity index (χ2v) is 5.00. The summed E-state index contributed by atoms with van der Waals surface area (Å²) >= 11 is 1.46. The van der Waals surface area contributed by atoms with Crippen molar-refractivity contribution in [3.63, 3.8) is 0 Å². The maximum absolute atomic E-state index is 11.6. The van der Waals surface area contributed by atoms with Crippen LogP contribution in [0.1, 0.15) is 36.3 Å². The Morgan fingerprint density at radius 3 is 2.94 bits per heavy atom. The molecule has 88 valence electrons. The first kappa shape index (κ1) is 11.5. The molecule has 0 radical (unpaired) electrons. The first-order chi connectivity index (χ1) is 7.56. The lowest BCUT2D eigenvalue weighted by Gasteiger charge is -2.11. The van der Waals surface area contributed by atoms with Crippen LogP contribution in [0.5, 0.6) is 0 Å². The van der Waals surface area contributed by atoms with Gasteiger partial charge in [0.25, 0.3) is 0 Å². The molecule has 0 aliphatic carbocycles. The standard InChI is InChI=1S/C10H14N2O3S/c1-4-15-9(14)7-5(2)12-8(13)6(3)16-10(12)11-7/h6,8,13H,4H2,1-3H3. The van der Waals surface area contributed by atoms with Crippen LogP contribution in [0.3, 0.4) is 0 Å². The minimum absolute atomic E-state index is 0.0671. The second-order valence-electron chi connectivity index (χ2n) is 3.66. The van der Waals surface area contributed by atoms with Gasteiger partial charge >= 0.3 is 5.97 Å². The van der Waals surface area contributed by atoms with Crippen LogP contribution in [0.2, 0.25) is 0 Å². The summed E-state index contributed by atoms with van der Waals surface area (Å²) in [6.45, 7) is 5.77. The molecular weight excluding hydrogens is 228 g/mol. The lowest BCUT2D eigenvalue weighted by molar-refractivity contribution is 0.0518. The summed E-state index contributed by atoms with van der Waals surface area (Å²) < 4.78 is 6.58. The van der Waals surface area contributed by atoms with Crippen LogP contribution >= 0.6 is 11.8 Å². The van der Waals surface area contributed by atoms with E-state index in [-0.39, 0.29) is 5.25 Å². The van der Waals surface area contributed by atoms with Crippen LogP contribution < -0.4 is 0 Å². The van der Waals surface area contributed by atoms with E-state index in [1.54, 1.807) is 18.4 Å². The number of aliphatic hydroxyl groups is 1. The van der Waals surface area contributed by atoms with E-state index in [1.807, 2.05) is 6.92 Å². The number of nitrogens with zero attached hydrogens (tertiary/aromatic N) is 2. The number of ether oxygens (including phenoxy) is 1. The molecule has 2 heterocycles. The molecule has 0 saturated carbocycles. The smallest absolute Gasteiger partial charge is 0.358 e. The molecule has 6 heteroatoms. The van der Waals surface area contributed by atoms with Gasteiger partial charge in [0.1, 0.15) is 6.23 Å². The monoisotopic (exact) mass is 242 g/mol. The molecule has 1 aromatic heterocycles. The molecule has 0 spiro atoms. The number of imidazole rings is 1. The lowest BCUT2D eigenvalue weighted by Crippen LogP contribution is -2.15. The molecule has 0 amide bonds. The summed E-state index contributed by atoms with van der Waals surface area (Å²) in [5.74, 6) is -0.428. The third-order valence-corrected chi connectivity index (χ3v) is 3.68. The zero-order chi connectivity index (χ0) is 11.9. The van der Waals surface area contributed by atoms with Crippen LogP contribution in [-0.4, -0.2) is 32.5 Å². The number of thioether (sulfide) groups is 1. The molecule has 0 saturated heterocycles. The van der Waals surface area contributed by atoms with Gasteiger partial charge < -0.3 is 9.84 Å². The van der Waals surface area contributed by atoms with Crippen LogP contribution in [0.15, 0.2) is 5.16 Å². The number of carbonyl (C=O) groups excluding carboxylic acids is 1. The highest BCUT2D eigenvalue weighted by atomic mass is 32.2. The molecule has 0 fully saturated rings. The molecule has 16 heavy (non-hydrogen) atoms. The Hall–Kier alpha value is -1.01. The van der Waals surface area contributed by atoms with Gasteiger partial charge in [-0.15, -0.1) is 0 Å². The zero-order valence-electron chi connectivity index (χ0n) is 9.43. The molecule has 1 N–H and O–H groups in total. The van der Waals surface area contributed by atoms with Crippen molar-refractivity contribution in [3.05, 3.63) is 11.4 Å². The Morgan fingerprint density at radius 2 is 2.38 bits per heavy atom. The van der Waals surface area contributed by atoms with E-state index in [2.05, 4.69) is 4.98 Å². The van der Waals surface area contributed by atoms with Crippen LogP contribution in [-0.2, 0) is 4.74 Å². The number of fused-ring (bicyclic) bond motifs is 1. The molecule has 0 bridgehead atoms. The molecule has 2 rings (SSSR count). The summed E-state index contributed by atoms with van der Waals surface area (Å²) in [6.07, 6.45) is -0.615. The fourth-order valence-corrected chi connectivity index (χ4v) is 2.79. The Bertz CT molecular complexity index is 430. The highest BCUT2D eigenvalue weighted by Gasteiger charge is 2.34. The second kappa shape index (κ2) is 4.10. The molecule has 5 nitrogen and oxygen atoms in total. The van der Waals surface area contributed by atoms with Gasteiger partial charge in [-0.3, -0.25) is 4.57 Å². The minimum Gasteiger partial charge on any atom is -0.461 e. The summed E-state index contributed by atoms with van der Waals surface area (Å²) in [5, 5.41) is 10.7. The molecule has 2 atom stereocenters. The van der Waals surface area contributed by atoms with Gasteiger partial charge in [-0.25, -0.2) is 9.78 Å². The molecule has 0 aromatic carbocycles. The Labute approximate surface area is 97.8 Å². The fourth-order valence-electron chi connectivity index (χ4n) is 1.71. The zero-order valence-corrected chi connectivity index (χ0v) is 10.2. The normalized spacial score (nSPS) is 23.2. The predicted octanol–water partition coefficient (Wildman–Crippen LogP) is 1.35. The minimum atomic E-state index is -0.615. The van der Waals surface area contributed by atoms with Crippen molar-refractivity contribution in [1.29, 1.82) is 0 Å².